The Hall–Kier alpha value is -1.11. The molecule has 0 N–H and O–H groups in total. The summed E-state index contributed by atoms with van der Waals surface area (Å²) in [6.45, 7) is 0.791. The fourth-order valence-corrected chi connectivity index (χ4v) is 3.98. The summed E-state index contributed by atoms with van der Waals surface area (Å²) >= 11 is 0. The van der Waals surface area contributed by atoms with Gasteiger partial charge in [0.15, 0.2) is 12.7 Å². The number of alkyl halides is 2. The Morgan fingerprint density at radius 3 is 2.52 bits per heavy atom. The Kier molecular flexibility index (Phi) is 5.41. The van der Waals surface area contributed by atoms with Crippen molar-refractivity contribution in [3.63, 3.8) is 0 Å². The number of carbonyl (C=O) groups excluding carboxylic acids is 1. The minimum atomic E-state index is -4.60. The lowest BCUT2D eigenvalue weighted by molar-refractivity contribution is -0.163. The highest BCUT2D eigenvalue weighted by Crippen LogP contribution is 2.20. The van der Waals surface area contributed by atoms with Gasteiger partial charge in [0.25, 0.3) is 26.2 Å². The van der Waals surface area contributed by atoms with Crippen molar-refractivity contribution in [2.24, 2.45) is 0 Å². The van der Waals surface area contributed by atoms with Crippen LogP contribution in [0.25, 0.3) is 0 Å². The van der Waals surface area contributed by atoms with E-state index in [1.165, 1.54) is 0 Å². The van der Waals surface area contributed by atoms with Gasteiger partial charge in [0, 0.05) is 6.42 Å². The normalized spacial score (nSPS) is 24.8. The van der Waals surface area contributed by atoms with E-state index in [4.69, 9.17) is 0 Å². The Bertz CT molecular complexity index is 610. The molecule has 1 atom stereocenters. The number of hydrogen-bond acceptors (Lipinski definition) is 8. The molecule has 1 saturated heterocycles. The van der Waals surface area contributed by atoms with Crippen LogP contribution in [0.4, 0.5) is 8.78 Å². The first kappa shape index (κ1) is 17.9. The maximum Gasteiger partial charge on any atom is 0.339 e. The van der Waals surface area contributed by atoms with Crippen LogP contribution in [-0.4, -0.2) is 53.1 Å². The van der Waals surface area contributed by atoms with Crippen molar-refractivity contribution >= 4 is 26.2 Å². The summed E-state index contributed by atoms with van der Waals surface area (Å²) in [6.07, 6.45) is -1.81. The van der Waals surface area contributed by atoms with Crippen molar-refractivity contribution in [3.05, 3.63) is 12.7 Å². The Balaban J connectivity index is 2.72. The Morgan fingerprint density at radius 1 is 1.33 bits per heavy atom. The van der Waals surface area contributed by atoms with Gasteiger partial charge in [-0.1, -0.05) is 6.08 Å². The SMILES string of the molecule is C=CCC(F)(F)COC(=O)C1COS(=O)(=O)CS(=O)(=O)O1. The van der Waals surface area contributed by atoms with E-state index in [1.54, 1.807) is 0 Å². The van der Waals surface area contributed by atoms with Gasteiger partial charge in [0.05, 0.1) is 0 Å². The molecule has 0 radical (unpaired) electrons. The van der Waals surface area contributed by atoms with Crippen LogP contribution in [0.3, 0.4) is 0 Å². The van der Waals surface area contributed by atoms with Gasteiger partial charge < -0.3 is 4.74 Å². The average Bonchev–Trinajstić information content (AvgIpc) is 2.40. The molecule has 1 rings (SSSR count). The maximum atomic E-state index is 13.1. The van der Waals surface area contributed by atoms with Crippen LogP contribution in [0.15, 0.2) is 12.7 Å². The van der Waals surface area contributed by atoms with Gasteiger partial charge in [-0.25, -0.2) is 13.6 Å². The molecule has 0 aromatic heterocycles. The highest BCUT2D eigenvalue weighted by Gasteiger charge is 2.38. The Labute approximate surface area is 119 Å². The molecule has 21 heavy (non-hydrogen) atoms. The van der Waals surface area contributed by atoms with Crippen LogP contribution < -0.4 is 0 Å². The zero-order valence-electron chi connectivity index (χ0n) is 10.5. The molecule has 0 saturated carbocycles. The van der Waals surface area contributed by atoms with E-state index in [1.807, 2.05) is 0 Å². The third-order valence-electron chi connectivity index (χ3n) is 2.08. The molecule has 0 aromatic rings. The lowest BCUT2D eigenvalue weighted by atomic mass is 10.2. The van der Waals surface area contributed by atoms with Gasteiger partial charge in [-0.15, -0.1) is 6.58 Å². The summed E-state index contributed by atoms with van der Waals surface area (Å²) < 4.78 is 83.5. The van der Waals surface area contributed by atoms with Crippen molar-refractivity contribution in [1.82, 2.24) is 0 Å². The van der Waals surface area contributed by atoms with Crippen LogP contribution in [0, 0.1) is 0 Å². The number of hydrogen-bond donors (Lipinski definition) is 0. The summed E-state index contributed by atoms with van der Waals surface area (Å²) in [5.41, 5.74) is 0. The molecular formula is C9H12F2O8S2. The van der Waals surface area contributed by atoms with Gasteiger partial charge in [0.1, 0.15) is 6.61 Å². The molecule has 8 nitrogen and oxygen atoms in total. The molecule has 0 spiro atoms. The van der Waals surface area contributed by atoms with E-state index >= 15 is 0 Å². The predicted molar refractivity (Wildman–Crippen MR) is 64.3 cm³/mol. The highest BCUT2D eigenvalue weighted by molar-refractivity contribution is 8.03. The van der Waals surface area contributed by atoms with E-state index in [2.05, 4.69) is 19.7 Å². The van der Waals surface area contributed by atoms with E-state index < -0.39 is 63.0 Å². The fraction of sp³-hybridized carbons (Fsp3) is 0.667. The zero-order chi connectivity index (χ0) is 16.3. The second-order valence-electron chi connectivity index (χ2n) is 4.06. The van der Waals surface area contributed by atoms with Gasteiger partial charge in [0.2, 0.25) is 5.08 Å². The molecular weight excluding hydrogens is 338 g/mol. The second-order valence-corrected chi connectivity index (χ2v) is 7.66. The van der Waals surface area contributed by atoms with Crippen LogP contribution in [-0.2, 0) is 38.1 Å². The third-order valence-corrected chi connectivity index (χ3v) is 5.41. The number of esters is 1. The minimum absolute atomic E-state index is 0.755. The lowest BCUT2D eigenvalue weighted by Gasteiger charge is -2.17. The van der Waals surface area contributed by atoms with Gasteiger partial charge >= 0.3 is 5.97 Å². The number of rotatable bonds is 5. The van der Waals surface area contributed by atoms with E-state index in [0.717, 1.165) is 6.08 Å². The summed E-state index contributed by atoms with van der Waals surface area (Å²) in [5.74, 6) is -4.85. The van der Waals surface area contributed by atoms with Crippen molar-refractivity contribution in [3.8, 4) is 0 Å². The summed E-state index contributed by atoms with van der Waals surface area (Å²) in [6, 6.07) is 0. The van der Waals surface area contributed by atoms with Crippen LogP contribution in [0.1, 0.15) is 6.42 Å². The predicted octanol–water partition coefficient (Wildman–Crippen LogP) is -0.227. The largest absolute Gasteiger partial charge is 0.457 e. The third kappa shape index (κ3) is 6.03. The molecule has 0 aliphatic carbocycles. The second kappa shape index (κ2) is 6.34. The highest BCUT2D eigenvalue weighted by atomic mass is 32.3. The molecule has 1 aliphatic rings. The average molecular weight is 350 g/mol. The smallest absolute Gasteiger partial charge is 0.339 e. The molecule has 1 heterocycles. The first-order chi connectivity index (χ1) is 9.46. The molecule has 1 fully saturated rings. The van der Waals surface area contributed by atoms with E-state index in [0.29, 0.717) is 0 Å². The maximum absolute atomic E-state index is 13.1. The number of halogens is 2. The molecule has 12 heteroatoms. The summed E-state index contributed by atoms with van der Waals surface area (Å²) in [4.78, 5) is 11.5. The molecule has 0 bridgehead atoms. The topological polar surface area (TPSA) is 113 Å². The number of allylic oxidation sites excluding steroid dienone is 1. The number of carbonyl (C=O) groups is 1. The van der Waals surface area contributed by atoms with Gasteiger partial charge in [-0.2, -0.15) is 16.8 Å². The monoisotopic (exact) mass is 350 g/mol. The standard InChI is InChI=1S/C9H12F2O8S2/c1-2-3-9(10,11)5-17-8(12)7-4-18-20(13,14)6-21(15,16)19-7/h2,7H,1,3-6H2. The van der Waals surface area contributed by atoms with E-state index in [9.17, 15) is 30.4 Å². The van der Waals surface area contributed by atoms with Gasteiger partial charge in [-0.3, -0.25) is 8.37 Å². The van der Waals surface area contributed by atoms with Crippen molar-refractivity contribution in [1.29, 1.82) is 0 Å². The minimum Gasteiger partial charge on any atom is -0.457 e. The van der Waals surface area contributed by atoms with Crippen LogP contribution in [0.5, 0.6) is 0 Å². The summed E-state index contributed by atoms with van der Waals surface area (Å²) in [7, 11) is -9.03. The fourth-order valence-electron chi connectivity index (χ4n) is 1.26. The van der Waals surface area contributed by atoms with Crippen molar-refractivity contribution in [2.75, 3.05) is 18.3 Å². The Morgan fingerprint density at radius 2 is 1.95 bits per heavy atom. The molecule has 1 unspecified atom stereocenters. The molecule has 0 aromatic carbocycles. The first-order valence-electron chi connectivity index (χ1n) is 5.40. The zero-order valence-corrected chi connectivity index (χ0v) is 12.2. The molecule has 122 valence electrons. The van der Waals surface area contributed by atoms with Crippen molar-refractivity contribution < 1.29 is 43.5 Å². The van der Waals surface area contributed by atoms with Crippen LogP contribution in [0.2, 0.25) is 0 Å². The molecule has 0 amide bonds. The molecule has 1 aliphatic heterocycles. The van der Waals surface area contributed by atoms with Crippen molar-refractivity contribution in [2.45, 2.75) is 18.4 Å². The van der Waals surface area contributed by atoms with Crippen LogP contribution >= 0.6 is 0 Å². The first-order valence-corrected chi connectivity index (χ1v) is 8.55. The number of ether oxygens (including phenoxy) is 1. The summed E-state index contributed by atoms with van der Waals surface area (Å²) in [5, 5.41) is -1.48. The lowest BCUT2D eigenvalue weighted by Crippen LogP contribution is -2.35. The van der Waals surface area contributed by atoms with Gasteiger partial charge in [-0.05, 0) is 0 Å². The quantitative estimate of drug-likeness (QED) is 0.380. The van der Waals surface area contributed by atoms with E-state index in [-0.39, 0.29) is 0 Å².